The summed E-state index contributed by atoms with van der Waals surface area (Å²) in [4.78, 5) is 27.1. The second-order valence-corrected chi connectivity index (χ2v) is 6.14. The molecule has 0 unspecified atom stereocenters. The highest BCUT2D eigenvalue weighted by Crippen LogP contribution is 2.24. The maximum absolute atomic E-state index is 12.4. The number of aliphatic imine (C=N–C) groups is 1. The Morgan fingerprint density at radius 1 is 1.14 bits per heavy atom. The highest BCUT2D eigenvalue weighted by molar-refractivity contribution is 6.73. The Balaban J connectivity index is 1.82. The Kier molecular flexibility index (Phi) is 4.54. The summed E-state index contributed by atoms with van der Waals surface area (Å²) in [6, 6.07) is 7.42. The largest absolute Gasteiger partial charge is 0.462 e. The van der Waals surface area contributed by atoms with Gasteiger partial charge < -0.3 is 10.0 Å². The van der Waals surface area contributed by atoms with Crippen molar-refractivity contribution in [2.24, 2.45) is 10.1 Å². The molecule has 3 heterocycles. The number of anilines is 1. The van der Waals surface area contributed by atoms with Crippen molar-refractivity contribution in [1.82, 2.24) is 24.8 Å². The molecular formula is C19H14N8O2. The molecule has 0 spiro atoms. The third kappa shape index (κ3) is 3.32. The molecule has 1 aliphatic rings. The standard InChI is InChI=1S/C19H14N8O2/c1-26(2)13-5-3-12(4-6-13)22-17-16(15(29)7-10-28)25-27-18(23-24-19(17)27)14-11-20-8-9-21-14/h3-6,8-9,11,28H,1-2H3. The molecule has 1 N–H and O–H groups in total. The number of fused-ring (bicyclic) bond motifs is 1. The number of hydrogen-bond acceptors (Lipinski definition) is 9. The first-order valence-corrected chi connectivity index (χ1v) is 8.45. The zero-order chi connectivity index (χ0) is 20.4. The van der Waals surface area contributed by atoms with Gasteiger partial charge in [-0.3, -0.25) is 9.78 Å². The number of aliphatic hydroxyl groups excluding tert-OH is 1. The molecule has 1 aliphatic heterocycles. The third-order valence-corrected chi connectivity index (χ3v) is 4.06. The summed E-state index contributed by atoms with van der Waals surface area (Å²) in [7, 11) is 3.87. The van der Waals surface area contributed by atoms with Crippen LogP contribution in [0.25, 0.3) is 11.5 Å². The summed E-state index contributed by atoms with van der Waals surface area (Å²) in [5, 5.41) is 21.3. The quantitative estimate of drug-likeness (QED) is 0.665. The fourth-order valence-corrected chi connectivity index (χ4v) is 2.67. The minimum atomic E-state index is -0.688. The van der Waals surface area contributed by atoms with Gasteiger partial charge in [0, 0.05) is 38.1 Å². The topological polar surface area (TPSA) is 122 Å². The first-order valence-electron chi connectivity index (χ1n) is 8.45. The summed E-state index contributed by atoms with van der Waals surface area (Å²) in [6.07, 6.45) is 6.16. The predicted molar refractivity (Wildman–Crippen MR) is 106 cm³/mol. The predicted octanol–water partition coefficient (Wildman–Crippen LogP) is 1.04. The lowest BCUT2D eigenvalue weighted by atomic mass is 10.1. The molecule has 142 valence electrons. The molecule has 0 saturated carbocycles. The van der Waals surface area contributed by atoms with Crippen molar-refractivity contribution >= 4 is 28.6 Å². The smallest absolute Gasteiger partial charge is 0.261 e. The number of carbonyl (C=O) groups excluding carboxylic acids is 1. The van der Waals surface area contributed by atoms with Gasteiger partial charge in [-0.15, -0.1) is 10.2 Å². The Bertz CT molecular complexity index is 1200. The number of carbonyl (C=O) groups is 1. The molecule has 29 heavy (non-hydrogen) atoms. The van der Waals surface area contributed by atoms with Crippen LogP contribution >= 0.6 is 0 Å². The number of Topliss-reactive ketones (excluding diaryl/α,β-unsaturated/α-hetero) is 1. The molecule has 2 aromatic heterocycles. The van der Waals surface area contributed by atoms with E-state index in [2.05, 4.69) is 36.2 Å². The van der Waals surface area contributed by atoms with E-state index in [1.807, 2.05) is 43.3 Å². The molecule has 0 bridgehead atoms. The van der Waals surface area contributed by atoms with E-state index in [1.54, 1.807) is 6.11 Å². The molecule has 10 heteroatoms. The molecule has 0 fully saturated rings. The second-order valence-electron chi connectivity index (χ2n) is 6.14. The van der Waals surface area contributed by atoms with Crippen LogP contribution in [-0.2, 0) is 4.79 Å². The van der Waals surface area contributed by atoms with E-state index in [0.29, 0.717) is 17.2 Å². The average molecular weight is 386 g/mol. The van der Waals surface area contributed by atoms with Crippen molar-refractivity contribution in [3.05, 3.63) is 48.7 Å². The van der Waals surface area contributed by atoms with Crippen molar-refractivity contribution in [2.45, 2.75) is 0 Å². The van der Waals surface area contributed by atoms with Gasteiger partial charge in [0.15, 0.2) is 5.71 Å². The third-order valence-electron chi connectivity index (χ3n) is 4.06. The van der Waals surface area contributed by atoms with Gasteiger partial charge in [0.2, 0.25) is 11.6 Å². The average Bonchev–Trinajstić information content (AvgIpc) is 3.29. The highest BCUT2D eigenvalue weighted by atomic mass is 16.2. The van der Waals surface area contributed by atoms with E-state index in [1.165, 1.54) is 23.3 Å². The van der Waals surface area contributed by atoms with Gasteiger partial charge in [-0.25, -0.2) is 9.98 Å². The van der Waals surface area contributed by atoms with Crippen LogP contribution in [0.4, 0.5) is 11.4 Å². The van der Waals surface area contributed by atoms with Crippen molar-refractivity contribution in [2.75, 3.05) is 19.0 Å². The fourth-order valence-electron chi connectivity index (χ4n) is 2.67. The normalized spacial score (nSPS) is 13.4. The van der Waals surface area contributed by atoms with Gasteiger partial charge in [0.05, 0.1) is 11.9 Å². The molecule has 0 aliphatic carbocycles. The van der Waals surface area contributed by atoms with Gasteiger partial charge in [-0.2, -0.15) is 9.78 Å². The SMILES string of the molecule is CN(C)c1ccc(N=C2C(C(=O)C#CO)=Nn3c2nnc3-c2cnccn2)cc1. The number of aromatic nitrogens is 5. The number of nitrogens with zero attached hydrogens (tertiary/aromatic N) is 8. The molecule has 3 aromatic rings. The molecule has 0 radical (unpaired) electrons. The number of benzene rings is 1. The van der Waals surface area contributed by atoms with Gasteiger partial charge in [-0.05, 0) is 24.3 Å². The van der Waals surface area contributed by atoms with Crippen LogP contribution in [-0.4, -0.2) is 61.2 Å². The number of hydrogen-bond donors (Lipinski definition) is 1. The summed E-state index contributed by atoms with van der Waals surface area (Å²) in [6.45, 7) is 0. The molecule has 0 amide bonds. The first-order chi connectivity index (χ1) is 14.1. The van der Waals surface area contributed by atoms with Crippen LogP contribution in [0.1, 0.15) is 5.82 Å². The number of rotatable bonds is 4. The van der Waals surface area contributed by atoms with E-state index >= 15 is 0 Å². The summed E-state index contributed by atoms with van der Waals surface area (Å²) in [5.74, 6) is 1.96. The Labute approximate surface area is 165 Å². The van der Waals surface area contributed by atoms with Gasteiger partial charge >= 0.3 is 0 Å². The Hall–Kier alpha value is -4.39. The van der Waals surface area contributed by atoms with Crippen molar-refractivity contribution in [1.29, 1.82) is 0 Å². The van der Waals surface area contributed by atoms with E-state index < -0.39 is 5.78 Å². The number of ketones is 1. The van der Waals surface area contributed by atoms with Crippen LogP contribution in [0, 0.1) is 12.0 Å². The molecule has 10 nitrogen and oxygen atoms in total. The van der Waals surface area contributed by atoms with E-state index in [9.17, 15) is 4.79 Å². The monoisotopic (exact) mass is 386 g/mol. The van der Waals surface area contributed by atoms with Gasteiger partial charge in [0.1, 0.15) is 17.5 Å². The molecule has 0 atom stereocenters. The molecule has 1 aromatic carbocycles. The highest BCUT2D eigenvalue weighted by Gasteiger charge is 2.32. The Morgan fingerprint density at radius 3 is 2.55 bits per heavy atom. The van der Waals surface area contributed by atoms with Crippen LogP contribution < -0.4 is 4.90 Å². The van der Waals surface area contributed by atoms with E-state index in [-0.39, 0.29) is 17.2 Å². The van der Waals surface area contributed by atoms with Crippen LogP contribution in [0.15, 0.2) is 52.9 Å². The zero-order valence-electron chi connectivity index (χ0n) is 15.5. The lowest BCUT2D eigenvalue weighted by Gasteiger charge is -2.11. The van der Waals surface area contributed by atoms with Crippen LogP contribution in [0.5, 0.6) is 0 Å². The number of aliphatic hydroxyl groups is 1. The Morgan fingerprint density at radius 2 is 1.90 bits per heavy atom. The molecule has 0 saturated heterocycles. The van der Waals surface area contributed by atoms with Crippen molar-refractivity contribution in [3.8, 4) is 23.5 Å². The van der Waals surface area contributed by atoms with Crippen LogP contribution in [0.3, 0.4) is 0 Å². The fraction of sp³-hybridized carbons (Fsp3) is 0.105. The van der Waals surface area contributed by atoms with Crippen LogP contribution in [0.2, 0.25) is 0 Å². The van der Waals surface area contributed by atoms with Crippen molar-refractivity contribution < 1.29 is 9.90 Å². The zero-order valence-corrected chi connectivity index (χ0v) is 15.5. The van der Waals surface area contributed by atoms with Crippen molar-refractivity contribution in [3.63, 3.8) is 0 Å². The van der Waals surface area contributed by atoms with Gasteiger partial charge in [0.25, 0.3) is 5.78 Å². The maximum Gasteiger partial charge on any atom is 0.261 e. The van der Waals surface area contributed by atoms with E-state index in [0.717, 1.165) is 5.69 Å². The summed E-state index contributed by atoms with van der Waals surface area (Å²) < 4.78 is 1.36. The molecular weight excluding hydrogens is 372 g/mol. The molecule has 4 rings (SSSR count). The van der Waals surface area contributed by atoms with Gasteiger partial charge in [-0.1, -0.05) is 0 Å². The lowest BCUT2D eigenvalue weighted by Crippen LogP contribution is -2.21. The minimum Gasteiger partial charge on any atom is -0.462 e. The summed E-state index contributed by atoms with van der Waals surface area (Å²) >= 11 is 0. The lowest BCUT2D eigenvalue weighted by molar-refractivity contribution is -0.108. The first kappa shape index (κ1) is 18.0. The summed E-state index contributed by atoms with van der Waals surface area (Å²) in [5.41, 5.74) is 2.20. The second kappa shape index (κ2) is 7.32. The minimum absolute atomic E-state index is 0.0433. The maximum atomic E-state index is 12.4. The van der Waals surface area contributed by atoms with E-state index in [4.69, 9.17) is 5.11 Å².